The minimum Gasteiger partial charge on any atom is -0.394 e. The Morgan fingerprint density at radius 3 is 1.24 bits per heavy atom. The fourth-order valence-electron chi connectivity index (χ4n) is 6.47. The molecular weight excluding hydrogens is 602 g/mol. The van der Waals surface area contributed by atoms with E-state index in [9.17, 15) is 15.0 Å². The topological polar surface area (TPSA) is 69.6 Å². The molecule has 0 aromatic heterocycles. The Morgan fingerprint density at radius 1 is 0.469 bits per heavy atom. The molecule has 0 aromatic carbocycles. The summed E-state index contributed by atoms with van der Waals surface area (Å²) in [5, 5.41) is 22.9. The van der Waals surface area contributed by atoms with Crippen molar-refractivity contribution in [1.29, 1.82) is 0 Å². The van der Waals surface area contributed by atoms with Gasteiger partial charge in [0.15, 0.2) is 0 Å². The van der Waals surface area contributed by atoms with E-state index in [-0.39, 0.29) is 12.5 Å². The number of nitrogens with one attached hydrogen (secondary N) is 1. The number of carbonyl (C=O) groups excluding carboxylic acids is 1. The predicted octanol–water partition coefficient (Wildman–Crippen LogP) is 13.4. The van der Waals surface area contributed by atoms with Crippen LogP contribution in [0, 0.1) is 0 Å². The Bertz CT molecular complexity index is 746. The number of aliphatic hydroxyl groups is 2. The molecule has 4 nitrogen and oxygen atoms in total. The van der Waals surface area contributed by atoms with E-state index in [0.717, 1.165) is 44.9 Å². The molecule has 0 rings (SSSR count). The van der Waals surface area contributed by atoms with Crippen molar-refractivity contribution in [3.63, 3.8) is 0 Å². The molecule has 0 aromatic rings. The number of hydrogen-bond donors (Lipinski definition) is 3. The van der Waals surface area contributed by atoms with Crippen molar-refractivity contribution in [2.45, 2.75) is 238 Å². The normalized spacial score (nSPS) is 13.3. The van der Waals surface area contributed by atoms with Gasteiger partial charge in [-0.15, -0.1) is 0 Å². The highest BCUT2D eigenvalue weighted by molar-refractivity contribution is 5.76. The van der Waals surface area contributed by atoms with Gasteiger partial charge < -0.3 is 15.5 Å². The minimum absolute atomic E-state index is 0.0849. The van der Waals surface area contributed by atoms with Gasteiger partial charge in [0.1, 0.15) is 0 Å². The molecule has 0 aliphatic carbocycles. The molecule has 0 saturated heterocycles. The highest BCUT2D eigenvalue weighted by Crippen LogP contribution is 2.15. The number of carbonyl (C=O) groups is 1. The van der Waals surface area contributed by atoms with Crippen LogP contribution in [0.2, 0.25) is 0 Å². The molecule has 4 heteroatoms. The molecule has 0 aliphatic rings. The van der Waals surface area contributed by atoms with Crippen LogP contribution in [0.25, 0.3) is 0 Å². The Morgan fingerprint density at radius 2 is 0.816 bits per heavy atom. The summed E-state index contributed by atoms with van der Waals surface area (Å²) in [6, 6.07) is -0.641. The van der Waals surface area contributed by atoms with Crippen LogP contribution in [0.3, 0.4) is 0 Å². The summed E-state index contributed by atoms with van der Waals surface area (Å²) in [6.07, 6.45) is 54.1. The maximum atomic E-state index is 12.3. The zero-order valence-corrected chi connectivity index (χ0v) is 33.0. The standard InChI is InChI=1S/C45H85NO3/c1-3-5-7-9-11-13-15-16-17-18-19-20-21-22-23-24-25-26-27-28-29-31-32-34-36-38-40-44(48)43(42-47)46-45(49)41-39-37-35-33-30-14-12-10-8-6-4-2/h10,12,31-32,38,40,43-44,47-48H,3-9,11,13-30,33-37,39,41-42H2,1-2H3,(H,46,49)/b12-10-,32-31+,40-38+. The summed E-state index contributed by atoms with van der Waals surface area (Å²) < 4.78 is 0. The Hall–Kier alpha value is -1.39. The second-order valence-electron chi connectivity index (χ2n) is 14.8. The Kier molecular flexibility index (Phi) is 39.9. The summed E-state index contributed by atoms with van der Waals surface area (Å²) in [4.78, 5) is 12.3. The lowest BCUT2D eigenvalue weighted by molar-refractivity contribution is -0.123. The van der Waals surface area contributed by atoms with Crippen molar-refractivity contribution >= 4 is 5.91 Å². The van der Waals surface area contributed by atoms with Crippen LogP contribution in [0.1, 0.15) is 226 Å². The highest BCUT2D eigenvalue weighted by Gasteiger charge is 2.17. The van der Waals surface area contributed by atoms with E-state index >= 15 is 0 Å². The molecule has 49 heavy (non-hydrogen) atoms. The molecular formula is C45H85NO3. The fourth-order valence-corrected chi connectivity index (χ4v) is 6.47. The van der Waals surface area contributed by atoms with Crippen LogP contribution in [-0.2, 0) is 4.79 Å². The van der Waals surface area contributed by atoms with Gasteiger partial charge in [-0.05, 0) is 51.4 Å². The van der Waals surface area contributed by atoms with Gasteiger partial charge >= 0.3 is 0 Å². The van der Waals surface area contributed by atoms with Gasteiger partial charge in [0.05, 0.1) is 18.8 Å². The van der Waals surface area contributed by atoms with Crippen molar-refractivity contribution in [3.05, 3.63) is 36.5 Å². The molecule has 0 saturated carbocycles. The van der Waals surface area contributed by atoms with Crippen molar-refractivity contribution in [1.82, 2.24) is 5.32 Å². The van der Waals surface area contributed by atoms with Gasteiger partial charge in [-0.25, -0.2) is 0 Å². The second kappa shape index (κ2) is 41.0. The smallest absolute Gasteiger partial charge is 0.220 e. The van der Waals surface area contributed by atoms with E-state index in [0.29, 0.717) is 6.42 Å². The van der Waals surface area contributed by atoms with Gasteiger partial charge in [-0.2, -0.15) is 0 Å². The molecule has 0 bridgehead atoms. The maximum Gasteiger partial charge on any atom is 0.220 e. The first-order valence-electron chi connectivity index (χ1n) is 21.7. The zero-order valence-electron chi connectivity index (χ0n) is 33.0. The molecule has 0 spiro atoms. The number of aliphatic hydroxyl groups excluding tert-OH is 2. The van der Waals surface area contributed by atoms with Crippen molar-refractivity contribution in [2.75, 3.05) is 6.61 Å². The molecule has 0 heterocycles. The lowest BCUT2D eigenvalue weighted by atomic mass is 10.0. The molecule has 0 aliphatic heterocycles. The third-order valence-corrected chi connectivity index (χ3v) is 9.85. The second-order valence-corrected chi connectivity index (χ2v) is 14.8. The van der Waals surface area contributed by atoms with Crippen LogP contribution in [0.5, 0.6) is 0 Å². The lowest BCUT2D eigenvalue weighted by Gasteiger charge is -2.19. The van der Waals surface area contributed by atoms with Gasteiger partial charge in [0, 0.05) is 6.42 Å². The van der Waals surface area contributed by atoms with Crippen LogP contribution in [0.15, 0.2) is 36.5 Å². The van der Waals surface area contributed by atoms with Gasteiger partial charge in [0.25, 0.3) is 0 Å². The molecule has 2 atom stereocenters. The van der Waals surface area contributed by atoms with Gasteiger partial charge in [-0.3, -0.25) is 4.79 Å². The number of allylic oxidation sites excluding steroid dienone is 5. The fraction of sp³-hybridized carbons (Fsp3) is 0.844. The minimum atomic E-state index is -0.863. The number of rotatable bonds is 39. The average molecular weight is 688 g/mol. The van der Waals surface area contributed by atoms with Crippen LogP contribution in [0.4, 0.5) is 0 Å². The van der Waals surface area contributed by atoms with E-state index in [4.69, 9.17) is 0 Å². The first kappa shape index (κ1) is 47.6. The number of amides is 1. The summed E-state index contributed by atoms with van der Waals surface area (Å²) in [6.45, 7) is 4.26. The van der Waals surface area contributed by atoms with E-state index in [1.165, 1.54) is 161 Å². The lowest BCUT2D eigenvalue weighted by Crippen LogP contribution is -2.45. The van der Waals surface area contributed by atoms with E-state index in [1.54, 1.807) is 6.08 Å². The molecule has 0 fully saturated rings. The van der Waals surface area contributed by atoms with E-state index < -0.39 is 12.1 Å². The zero-order chi connectivity index (χ0) is 35.7. The van der Waals surface area contributed by atoms with E-state index in [1.807, 2.05) is 6.08 Å². The predicted molar refractivity (Wildman–Crippen MR) is 216 cm³/mol. The molecule has 0 radical (unpaired) electrons. The van der Waals surface area contributed by atoms with Crippen molar-refractivity contribution in [2.24, 2.45) is 0 Å². The Labute approximate surface area is 306 Å². The number of hydrogen-bond acceptors (Lipinski definition) is 3. The SMILES string of the molecule is CCCC/C=C\CCCCCCCC(=O)NC(CO)C(O)/C=C/CC/C=C/CCCCCCCCCCCCCCCCCCCCCC. The summed E-state index contributed by atoms with van der Waals surface area (Å²) in [5.74, 6) is -0.0849. The van der Waals surface area contributed by atoms with Crippen molar-refractivity contribution in [3.8, 4) is 0 Å². The van der Waals surface area contributed by atoms with Crippen LogP contribution < -0.4 is 5.32 Å². The quantitative estimate of drug-likeness (QED) is 0.0445. The largest absolute Gasteiger partial charge is 0.394 e. The highest BCUT2D eigenvalue weighted by atomic mass is 16.3. The molecule has 1 amide bonds. The molecule has 288 valence electrons. The van der Waals surface area contributed by atoms with Crippen LogP contribution in [-0.4, -0.2) is 34.9 Å². The van der Waals surface area contributed by atoms with Crippen LogP contribution >= 0.6 is 0 Å². The monoisotopic (exact) mass is 688 g/mol. The van der Waals surface area contributed by atoms with E-state index in [2.05, 4.69) is 43.5 Å². The average Bonchev–Trinajstić information content (AvgIpc) is 3.10. The third-order valence-electron chi connectivity index (χ3n) is 9.85. The van der Waals surface area contributed by atoms with Gasteiger partial charge in [-0.1, -0.05) is 204 Å². The summed E-state index contributed by atoms with van der Waals surface area (Å²) >= 11 is 0. The first-order chi connectivity index (χ1) is 24.2. The summed E-state index contributed by atoms with van der Waals surface area (Å²) in [7, 11) is 0. The summed E-state index contributed by atoms with van der Waals surface area (Å²) in [5.41, 5.74) is 0. The van der Waals surface area contributed by atoms with Gasteiger partial charge in [0.2, 0.25) is 5.91 Å². The number of unbranched alkanes of at least 4 members (excludes halogenated alkanes) is 28. The molecule has 2 unspecified atom stereocenters. The molecule has 3 N–H and O–H groups in total. The maximum absolute atomic E-state index is 12.3. The van der Waals surface area contributed by atoms with Crippen molar-refractivity contribution < 1.29 is 15.0 Å². The first-order valence-corrected chi connectivity index (χ1v) is 21.7. The third kappa shape index (κ3) is 37.7. The Balaban J connectivity index is 3.55.